The van der Waals surface area contributed by atoms with Crippen molar-refractivity contribution in [3.05, 3.63) is 46.6 Å². The summed E-state index contributed by atoms with van der Waals surface area (Å²) >= 11 is 0. The Morgan fingerprint density at radius 1 is 1.09 bits per heavy atom. The van der Waals surface area contributed by atoms with Crippen molar-refractivity contribution in [1.29, 1.82) is 0 Å². The highest BCUT2D eigenvalue weighted by molar-refractivity contribution is 7.92. The number of amides is 2. The number of sulfonamides is 1. The van der Waals surface area contributed by atoms with E-state index in [0.29, 0.717) is 60.3 Å². The number of aromatic carboxylic acids is 1. The fourth-order valence-electron chi connectivity index (χ4n) is 7.12. The van der Waals surface area contributed by atoms with E-state index in [1.54, 1.807) is 17.7 Å². The van der Waals surface area contributed by atoms with Gasteiger partial charge < -0.3 is 25.0 Å². The zero-order valence-electron chi connectivity index (χ0n) is 27.8. The number of carbonyl (C=O) groups excluding carboxylic acids is 2. The zero-order valence-corrected chi connectivity index (χ0v) is 28.6. The van der Waals surface area contributed by atoms with E-state index in [1.165, 1.54) is 7.11 Å². The lowest BCUT2D eigenvalue weighted by Crippen LogP contribution is -2.52. The first-order valence-corrected chi connectivity index (χ1v) is 17.6. The molecule has 2 aliphatic rings. The Kier molecular flexibility index (Phi) is 9.58. The topological polar surface area (TPSA) is 168 Å². The molecule has 47 heavy (non-hydrogen) atoms. The van der Waals surface area contributed by atoms with Crippen LogP contribution in [0.15, 0.2) is 24.3 Å². The van der Waals surface area contributed by atoms with Crippen LogP contribution in [0.4, 0.5) is 5.69 Å². The first kappa shape index (κ1) is 34.2. The average molecular weight is 669 g/mol. The number of nitrogens with two attached hydrogens (primary N) is 1. The van der Waals surface area contributed by atoms with Crippen LogP contribution in [0.25, 0.3) is 22.0 Å². The Balaban J connectivity index is 1.63. The van der Waals surface area contributed by atoms with Crippen LogP contribution in [-0.2, 0) is 28.4 Å². The predicted octanol–water partition coefficient (Wildman–Crippen LogP) is 2.88. The summed E-state index contributed by atoms with van der Waals surface area (Å²) in [6, 6.07) is 7.12. The number of hydrogen-bond acceptors (Lipinski definition) is 8. The van der Waals surface area contributed by atoms with Crippen molar-refractivity contribution < 1.29 is 32.6 Å². The molecule has 0 spiro atoms. The number of para-hydroxylation sites is 1. The molecule has 1 unspecified atom stereocenters. The fourth-order valence-corrected chi connectivity index (χ4v) is 7.68. The van der Waals surface area contributed by atoms with E-state index in [-0.39, 0.29) is 40.6 Å². The minimum atomic E-state index is -3.93. The molecular weight excluding hydrogens is 624 g/mol. The molecule has 3 aromatic rings. The smallest absolute Gasteiger partial charge is 0.353 e. The van der Waals surface area contributed by atoms with Gasteiger partial charge in [-0.05, 0) is 49.5 Å². The summed E-state index contributed by atoms with van der Waals surface area (Å²) in [5.41, 5.74) is 8.28. The van der Waals surface area contributed by atoms with Gasteiger partial charge in [0.2, 0.25) is 15.9 Å². The molecule has 0 bridgehead atoms. The third-order valence-electron chi connectivity index (χ3n) is 9.32. The normalized spacial score (nSPS) is 17.9. The molecule has 2 amide bonds. The number of nitrogens with one attached hydrogen (secondary N) is 1. The van der Waals surface area contributed by atoms with Crippen molar-refractivity contribution in [3.8, 4) is 16.9 Å². The number of likely N-dealkylation sites (tertiary alicyclic amines) is 1. The van der Waals surface area contributed by atoms with Gasteiger partial charge in [0, 0.05) is 56.3 Å². The Hall–Kier alpha value is -4.14. The lowest BCUT2D eigenvalue weighted by atomic mass is 9.87. The Morgan fingerprint density at radius 2 is 1.77 bits per heavy atom. The molecule has 2 fully saturated rings. The molecule has 0 saturated carbocycles. The summed E-state index contributed by atoms with van der Waals surface area (Å²) in [6.45, 7) is 7.77. The first-order valence-electron chi connectivity index (χ1n) is 15.7. The van der Waals surface area contributed by atoms with Gasteiger partial charge in [-0.1, -0.05) is 32.0 Å². The molecule has 2 aromatic carbocycles. The number of rotatable bonds is 10. The number of likely N-dealkylation sites (N-methyl/N-ethyl adjacent to an activating group) is 1. The van der Waals surface area contributed by atoms with E-state index in [4.69, 9.17) is 10.5 Å². The van der Waals surface area contributed by atoms with Gasteiger partial charge in [0.1, 0.15) is 5.69 Å². The summed E-state index contributed by atoms with van der Waals surface area (Å²) in [6.07, 6.45) is 2.89. The molecule has 14 heteroatoms. The first-order chi connectivity index (χ1) is 22.1. The van der Waals surface area contributed by atoms with Crippen LogP contribution in [0.3, 0.4) is 0 Å². The number of aryl methyl sites for hydroxylation is 1. The highest BCUT2D eigenvalue weighted by atomic mass is 32.2. The maximum absolute atomic E-state index is 13.2. The van der Waals surface area contributed by atoms with E-state index in [9.17, 15) is 27.9 Å². The van der Waals surface area contributed by atoms with Gasteiger partial charge in [0.15, 0.2) is 5.75 Å². The van der Waals surface area contributed by atoms with Gasteiger partial charge in [-0.25, -0.2) is 13.2 Å². The zero-order chi connectivity index (χ0) is 34.4. The third-order valence-corrected chi connectivity index (χ3v) is 9.90. The van der Waals surface area contributed by atoms with Crippen LogP contribution in [0.5, 0.6) is 5.75 Å². The van der Waals surface area contributed by atoms with E-state index < -0.39 is 21.9 Å². The van der Waals surface area contributed by atoms with Crippen LogP contribution in [0.2, 0.25) is 0 Å². The number of carbonyl (C=O) groups is 3. The Morgan fingerprint density at radius 3 is 2.30 bits per heavy atom. The van der Waals surface area contributed by atoms with Gasteiger partial charge in [0.25, 0.3) is 5.91 Å². The summed E-state index contributed by atoms with van der Waals surface area (Å²) in [5, 5.41) is 11.2. The van der Waals surface area contributed by atoms with Crippen molar-refractivity contribution in [1.82, 2.24) is 19.3 Å². The molecule has 13 nitrogen and oxygen atoms in total. The highest BCUT2D eigenvalue weighted by Gasteiger charge is 2.34. The predicted molar refractivity (Wildman–Crippen MR) is 180 cm³/mol. The number of primary amides is 1. The Bertz CT molecular complexity index is 1840. The lowest BCUT2D eigenvalue weighted by molar-refractivity contribution is -0.137. The second kappa shape index (κ2) is 13.2. The number of methoxy groups -OCH3 is 1. The SMILES string of the molecule is COc1c(C(N)=O)cc(C(C)C)c(-c2c(C(=O)O)n(C)c3c(CN4CCN(C(=O)C5CCCN5C)CC4)cccc23)c1NS(C)(=O)=O. The maximum atomic E-state index is 13.2. The molecule has 5 rings (SSSR count). The average Bonchev–Trinajstić information content (AvgIpc) is 3.56. The number of fused-ring (bicyclic) bond motifs is 1. The number of carboxylic acid groups (broad SMARTS) is 1. The largest absolute Gasteiger partial charge is 0.494 e. The number of carboxylic acids is 1. The monoisotopic (exact) mass is 668 g/mol. The molecule has 2 aliphatic heterocycles. The number of aromatic nitrogens is 1. The van der Waals surface area contributed by atoms with Crippen LogP contribution in [-0.4, -0.2) is 110 Å². The quantitative estimate of drug-likeness (QED) is 0.294. The second-order valence-electron chi connectivity index (χ2n) is 12.8. The van der Waals surface area contributed by atoms with Crippen molar-refractivity contribution in [2.75, 3.05) is 57.9 Å². The van der Waals surface area contributed by atoms with E-state index >= 15 is 0 Å². The van der Waals surface area contributed by atoms with Gasteiger partial charge in [-0.2, -0.15) is 0 Å². The molecule has 0 radical (unpaired) electrons. The molecule has 2 saturated heterocycles. The van der Waals surface area contributed by atoms with E-state index in [1.807, 2.05) is 44.0 Å². The molecule has 1 atom stereocenters. The molecule has 4 N–H and O–H groups in total. The second-order valence-corrected chi connectivity index (χ2v) is 14.6. The summed E-state index contributed by atoms with van der Waals surface area (Å²) < 4.78 is 35.1. The molecule has 3 heterocycles. The lowest BCUT2D eigenvalue weighted by Gasteiger charge is -2.37. The molecular formula is C33H44N6O7S. The number of benzene rings is 2. The molecule has 0 aliphatic carbocycles. The van der Waals surface area contributed by atoms with Crippen molar-refractivity contribution >= 4 is 44.4 Å². The standard InChI is InChI=1S/C33H44N6O7S/c1-19(2)22-17-23(31(34)40)30(46-5)27(35-47(6,44)45)25(22)26-21-10-7-9-20(28(21)37(4)29(26)33(42)43)18-38-13-15-39(16-14-38)32(41)24-11-8-12-36(24)3/h7,9-10,17,19,24,35H,8,11-16,18H2,1-6H3,(H2,34,40)(H,42,43). The van der Waals surface area contributed by atoms with Crippen LogP contribution in [0, 0.1) is 0 Å². The van der Waals surface area contributed by atoms with Gasteiger partial charge in [0.05, 0.1) is 36.2 Å². The molecule has 254 valence electrons. The van der Waals surface area contributed by atoms with Gasteiger partial charge in [-0.3, -0.25) is 24.1 Å². The number of nitrogens with zero attached hydrogens (tertiary/aromatic N) is 4. The van der Waals surface area contributed by atoms with Gasteiger partial charge >= 0.3 is 5.97 Å². The number of anilines is 1. The van der Waals surface area contributed by atoms with Crippen LogP contribution >= 0.6 is 0 Å². The third kappa shape index (κ3) is 6.54. The van der Waals surface area contributed by atoms with Crippen LogP contribution < -0.4 is 15.2 Å². The number of piperazine rings is 1. The number of hydrogen-bond donors (Lipinski definition) is 3. The molecule has 1 aromatic heterocycles. The maximum Gasteiger partial charge on any atom is 0.353 e. The highest BCUT2D eigenvalue weighted by Crippen LogP contribution is 2.48. The summed E-state index contributed by atoms with van der Waals surface area (Å²) in [4.78, 5) is 45.0. The minimum Gasteiger partial charge on any atom is -0.494 e. The van der Waals surface area contributed by atoms with Gasteiger partial charge in [-0.15, -0.1) is 0 Å². The van der Waals surface area contributed by atoms with E-state index in [0.717, 1.165) is 31.2 Å². The van der Waals surface area contributed by atoms with Crippen molar-refractivity contribution in [2.24, 2.45) is 12.8 Å². The number of ether oxygens (including phenoxy) is 1. The summed E-state index contributed by atoms with van der Waals surface area (Å²) in [5.74, 6) is -2.20. The van der Waals surface area contributed by atoms with Crippen LogP contribution in [0.1, 0.15) is 64.6 Å². The van der Waals surface area contributed by atoms with Crippen molar-refractivity contribution in [2.45, 2.75) is 45.2 Å². The van der Waals surface area contributed by atoms with Crippen molar-refractivity contribution in [3.63, 3.8) is 0 Å². The Labute approximate surface area is 275 Å². The van der Waals surface area contributed by atoms with E-state index in [2.05, 4.69) is 14.5 Å². The minimum absolute atomic E-state index is 0.0268. The fraction of sp³-hybridized carbons (Fsp3) is 0.485. The summed E-state index contributed by atoms with van der Waals surface area (Å²) in [7, 11) is 1.05.